The zero-order valence-corrected chi connectivity index (χ0v) is 18.2. The second kappa shape index (κ2) is 11.1. The smallest absolute Gasteiger partial charge is 0.335 e. The van der Waals surface area contributed by atoms with Crippen molar-refractivity contribution in [2.75, 3.05) is 6.54 Å². The fourth-order valence-corrected chi connectivity index (χ4v) is 3.49. The normalized spacial score (nSPS) is 11.6. The molecule has 1 heterocycles. The molecular formula is C24H26N4O5. The molecule has 0 saturated heterocycles. The van der Waals surface area contributed by atoms with E-state index in [-0.39, 0.29) is 18.7 Å². The third-order valence-corrected chi connectivity index (χ3v) is 5.20. The van der Waals surface area contributed by atoms with Crippen LogP contribution >= 0.6 is 0 Å². The van der Waals surface area contributed by atoms with Crippen molar-refractivity contribution in [3.63, 3.8) is 0 Å². The maximum atomic E-state index is 13.0. The van der Waals surface area contributed by atoms with Gasteiger partial charge in [-0.15, -0.1) is 0 Å². The Morgan fingerprint density at radius 1 is 1.06 bits per heavy atom. The van der Waals surface area contributed by atoms with E-state index in [0.29, 0.717) is 17.7 Å². The van der Waals surface area contributed by atoms with Gasteiger partial charge in [-0.1, -0.05) is 55.8 Å². The number of benzene rings is 2. The number of rotatable bonds is 10. The number of aryl methyl sites for hydroxylation is 1. The molecule has 3 rings (SSSR count). The molecule has 0 aliphatic carbocycles. The van der Waals surface area contributed by atoms with Crippen LogP contribution in [0.25, 0.3) is 0 Å². The van der Waals surface area contributed by atoms with Crippen LogP contribution in [-0.2, 0) is 17.8 Å². The Labute approximate surface area is 191 Å². The molecule has 0 spiro atoms. The quantitative estimate of drug-likeness (QED) is 0.277. The Hall–Kier alpha value is -3.98. The van der Waals surface area contributed by atoms with E-state index in [1.165, 1.54) is 12.1 Å². The van der Waals surface area contributed by atoms with Gasteiger partial charge in [0.1, 0.15) is 5.69 Å². The van der Waals surface area contributed by atoms with E-state index < -0.39 is 23.7 Å². The molecule has 0 unspecified atom stereocenters. The van der Waals surface area contributed by atoms with E-state index in [1.54, 1.807) is 52.6 Å². The van der Waals surface area contributed by atoms with E-state index in [0.717, 1.165) is 17.7 Å². The van der Waals surface area contributed by atoms with Crippen molar-refractivity contribution in [1.82, 2.24) is 20.6 Å². The monoisotopic (exact) mass is 450 g/mol. The summed E-state index contributed by atoms with van der Waals surface area (Å²) in [7, 11) is 0. The topological polar surface area (TPSA) is 134 Å². The van der Waals surface area contributed by atoms with Gasteiger partial charge in [-0.05, 0) is 35.7 Å². The molecule has 172 valence electrons. The maximum absolute atomic E-state index is 13.0. The fraction of sp³-hybridized carbons (Fsp3) is 0.250. The van der Waals surface area contributed by atoms with Crippen LogP contribution in [0.3, 0.4) is 0 Å². The van der Waals surface area contributed by atoms with Gasteiger partial charge in [0.05, 0.1) is 23.7 Å². The van der Waals surface area contributed by atoms with Crippen LogP contribution in [0.2, 0.25) is 0 Å². The Morgan fingerprint density at radius 2 is 1.76 bits per heavy atom. The van der Waals surface area contributed by atoms with Crippen molar-refractivity contribution in [3.8, 4) is 0 Å². The van der Waals surface area contributed by atoms with Crippen LogP contribution in [0.1, 0.15) is 56.9 Å². The molecule has 0 fully saturated rings. The molecule has 9 heteroatoms. The largest absolute Gasteiger partial charge is 0.478 e. The molecule has 0 radical (unpaired) electrons. The summed E-state index contributed by atoms with van der Waals surface area (Å²) < 4.78 is 1.57. The predicted octanol–water partition coefficient (Wildman–Crippen LogP) is 2.60. The summed E-state index contributed by atoms with van der Waals surface area (Å²) in [6, 6.07) is 16.9. The number of carboxylic acids is 1. The second-order valence-electron chi connectivity index (χ2n) is 7.58. The van der Waals surface area contributed by atoms with Crippen molar-refractivity contribution in [1.29, 1.82) is 0 Å². The first-order valence-electron chi connectivity index (χ1n) is 10.6. The second-order valence-corrected chi connectivity index (χ2v) is 7.58. The summed E-state index contributed by atoms with van der Waals surface area (Å²) in [6.07, 6.45) is 1.56. The van der Waals surface area contributed by atoms with Crippen molar-refractivity contribution in [2.24, 2.45) is 0 Å². The minimum Gasteiger partial charge on any atom is -0.478 e. The number of carboxylic acid groups (broad SMARTS) is 1. The van der Waals surface area contributed by atoms with Gasteiger partial charge >= 0.3 is 5.97 Å². The third kappa shape index (κ3) is 6.05. The number of aromatic nitrogens is 2. The summed E-state index contributed by atoms with van der Waals surface area (Å²) in [4.78, 5) is 36.3. The van der Waals surface area contributed by atoms with Gasteiger partial charge in [-0.3, -0.25) is 19.5 Å². The van der Waals surface area contributed by atoms with Gasteiger partial charge in [0.2, 0.25) is 0 Å². The lowest BCUT2D eigenvalue weighted by molar-refractivity contribution is -0.130. The lowest BCUT2D eigenvalue weighted by atomic mass is 9.98. The van der Waals surface area contributed by atoms with Crippen LogP contribution in [-0.4, -0.2) is 44.4 Å². The van der Waals surface area contributed by atoms with E-state index in [2.05, 4.69) is 10.4 Å². The van der Waals surface area contributed by atoms with Crippen LogP contribution in [0.15, 0.2) is 60.7 Å². The standard InChI is InChI=1S/C24H26N4O5/c1-2-6-19-13-21(28(26-19)15-16-9-11-18(12-10-16)24(31)32)23(30)25-14-20(22(29)27-33)17-7-4-3-5-8-17/h3-5,7-13,20,33H,2,6,14-15H2,1H3,(H,25,30)(H,27,29)(H,31,32)/t20-/m0/s1. The van der Waals surface area contributed by atoms with Gasteiger partial charge in [-0.25, -0.2) is 10.3 Å². The summed E-state index contributed by atoms with van der Waals surface area (Å²) in [5, 5.41) is 25.5. The molecule has 4 N–H and O–H groups in total. The van der Waals surface area contributed by atoms with Gasteiger partial charge in [-0.2, -0.15) is 5.10 Å². The molecule has 0 aliphatic rings. The Bertz CT molecular complexity index is 1110. The predicted molar refractivity (Wildman–Crippen MR) is 120 cm³/mol. The summed E-state index contributed by atoms with van der Waals surface area (Å²) in [5.41, 5.74) is 4.37. The molecule has 1 aromatic heterocycles. The Kier molecular flexibility index (Phi) is 7.93. The minimum absolute atomic E-state index is 0.0170. The molecule has 0 bridgehead atoms. The first-order valence-corrected chi connectivity index (χ1v) is 10.6. The highest BCUT2D eigenvalue weighted by Crippen LogP contribution is 2.16. The zero-order valence-electron chi connectivity index (χ0n) is 18.2. The molecule has 1 atom stereocenters. The number of hydrogen-bond donors (Lipinski definition) is 4. The van der Waals surface area contributed by atoms with Crippen LogP contribution < -0.4 is 10.8 Å². The van der Waals surface area contributed by atoms with Crippen LogP contribution in [0, 0.1) is 0 Å². The van der Waals surface area contributed by atoms with Gasteiger partial charge in [0, 0.05) is 6.54 Å². The molecular weight excluding hydrogens is 424 g/mol. The average molecular weight is 450 g/mol. The summed E-state index contributed by atoms with van der Waals surface area (Å²) >= 11 is 0. The highest BCUT2D eigenvalue weighted by Gasteiger charge is 2.23. The SMILES string of the molecule is CCCc1cc(C(=O)NC[C@H](C(=O)NO)c2ccccc2)n(Cc2ccc(C(=O)O)cc2)n1. The van der Waals surface area contributed by atoms with Crippen molar-refractivity contribution >= 4 is 17.8 Å². The lowest BCUT2D eigenvalue weighted by Crippen LogP contribution is -2.37. The summed E-state index contributed by atoms with van der Waals surface area (Å²) in [5.74, 6) is -2.81. The molecule has 3 aromatic rings. The van der Waals surface area contributed by atoms with E-state index >= 15 is 0 Å². The molecule has 33 heavy (non-hydrogen) atoms. The molecule has 2 amide bonds. The molecule has 2 aromatic carbocycles. The number of carbonyl (C=O) groups is 3. The van der Waals surface area contributed by atoms with E-state index in [9.17, 15) is 14.4 Å². The lowest BCUT2D eigenvalue weighted by Gasteiger charge is -2.16. The average Bonchev–Trinajstić information content (AvgIpc) is 3.22. The number of carbonyl (C=O) groups excluding carboxylic acids is 2. The fourth-order valence-electron chi connectivity index (χ4n) is 3.49. The van der Waals surface area contributed by atoms with E-state index in [4.69, 9.17) is 10.3 Å². The summed E-state index contributed by atoms with van der Waals surface area (Å²) in [6.45, 7) is 2.28. The van der Waals surface area contributed by atoms with Crippen molar-refractivity contribution in [3.05, 3.63) is 88.7 Å². The number of hydrogen-bond acceptors (Lipinski definition) is 5. The highest BCUT2D eigenvalue weighted by atomic mass is 16.5. The molecule has 0 saturated carbocycles. The van der Waals surface area contributed by atoms with Crippen molar-refractivity contribution < 1.29 is 24.7 Å². The van der Waals surface area contributed by atoms with Gasteiger partial charge < -0.3 is 10.4 Å². The number of hydroxylamine groups is 1. The number of nitrogens with one attached hydrogen (secondary N) is 2. The first-order chi connectivity index (χ1) is 15.9. The third-order valence-electron chi connectivity index (χ3n) is 5.20. The van der Waals surface area contributed by atoms with Gasteiger partial charge in [0.15, 0.2) is 0 Å². The van der Waals surface area contributed by atoms with Crippen LogP contribution in [0.5, 0.6) is 0 Å². The molecule has 9 nitrogen and oxygen atoms in total. The van der Waals surface area contributed by atoms with Gasteiger partial charge in [0.25, 0.3) is 11.8 Å². The maximum Gasteiger partial charge on any atom is 0.335 e. The van der Waals surface area contributed by atoms with E-state index in [1.807, 2.05) is 13.0 Å². The minimum atomic E-state index is -1.01. The van der Waals surface area contributed by atoms with Crippen LogP contribution in [0.4, 0.5) is 0 Å². The Morgan fingerprint density at radius 3 is 2.36 bits per heavy atom. The first kappa shape index (κ1) is 23.7. The number of aromatic carboxylic acids is 1. The highest BCUT2D eigenvalue weighted by molar-refractivity contribution is 5.93. The number of nitrogens with zero attached hydrogens (tertiary/aromatic N) is 2. The Balaban J connectivity index is 1.79. The van der Waals surface area contributed by atoms with Crippen molar-refractivity contribution in [2.45, 2.75) is 32.2 Å². The molecule has 0 aliphatic heterocycles. The zero-order chi connectivity index (χ0) is 23.8. The number of amides is 2.